The van der Waals surface area contributed by atoms with Gasteiger partial charge in [0.25, 0.3) is 0 Å². The van der Waals surface area contributed by atoms with E-state index in [1.165, 1.54) is 0 Å². The molecule has 1 unspecified atom stereocenters. The number of aromatic nitrogens is 1. The third-order valence-electron chi connectivity index (χ3n) is 3.17. The van der Waals surface area contributed by atoms with Gasteiger partial charge in [-0.25, -0.2) is 4.98 Å². The second kappa shape index (κ2) is 7.17. The lowest BCUT2D eigenvalue weighted by Crippen LogP contribution is -2.29. The highest BCUT2D eigenvalue weighted by Gasteiger charge is 2.11. The zero-order valence-corrected chi connectivity index (χ0v) is 12.3. The van der Waals surface area contributed by atoms with E-state index in [-0.39, 0.29) is 11.8 Å². The van der Waals surface area contributed by atoms with Crippen molar-refractivity contribution in [1.29, 1.82) is 0 Å². The van der Waals surface area contributed by atoms with Gasteiger partial charge in [0.1, 0.15) is 0 Å². The Labute approximate surface area is 123 Å². The monoisotopic (exact) mass is 289 g/mol. The number of nitrogens with one attached hydrogen (secondary N) is 1. The van der Waals surface area contributed by atoms with Crippen molar-refractivity contribution in [3.8, 4) is 0 Å². The fraction of sp³-hybridized carbons (Fsp3) is 0.333. The first kappa shape index (κ1) is 14.7. The van der Waals surface area contributed by atoms with Crippen LogP contribution in [0.2, 0.25) is 0 Å². The minimum absolute atomic E-state index is 0.0225. The third-order valence-corrected chi connectivity index (χ3v) is 4.17. The van der Waals surface area contributed by atoms with E-state index in [1.54, 1.807) is 17.5 Å². The average molecular weight is 289 g/mol. The number of carbonyl (C=O) groups is 1. The smallest absolute Gasteiger partial charge is 0.224 e. The van der Waals surface area contributed by atoms with Crippen LogP contribution in [0.25, 0.3) is 0 Å². The molecule has 3 N–H and O–H groups in total. The molecule has 1 aromatic heterocycles. The molecule has 0 aliphatic heterocycles. The van der Waals surface area contributed by atoms with Gasteiger partial charge in [-0.3, -0.25) is 4.79 Å². The first-order chi connectivity index (χ1) is 9.70. The quantitative estimate of drug-likeness (QED) is 0.855. The predicted molar refractivity (Wildman–Crippen MR) is 81.6 cm³/mol. The van der Waals surface area contributed by atoms with Crippen molar-refractivity contribution < 1.29 is 4.79 Å². The second-order valence-corrected chi connectivity index (χ2v) is 5.65. The molecule has 0 fully saturated rings. The van der Waals surface area contributed by atoms with Crippen LogP contribution in [0, 0.1) is 0 Å². The average Bonchev–Trinajstić information content (AvgIpc) is 2.99. The molecule has 0 bridgehead atoms. The molecule has 5 heteroatoms. The van der Waals surface area contributed by atoms with Crippen LogP contribution in [0.1, 0.15) is 29.0 Å². The third kappa shape index (κ3) is 3.88. The Kier molecular flexibility index (Phi) is 5.26. The minimum Gasteiger partial charge on any atom is -0.355 e. The van der Waals surface area contributed by atoms with E-state index in [0.29, 0.717) is 19.5 Å². The second-order valence-electron chi connectivity index (χ2n) is 4.73. The van der Waals surface area contributed by atoms with Crippen molar-refractivity contribution in [2.75, 3.05) is 6.54 Å². The summed E-state index contributed by atoms with van der Waals surface area (Å²) in [6.07, 6.45) is 2.16. The Morgan fingerprint density at radius 1 is 1.40 bits per heavy atom. The van der Waals surface area contributed by atoms with E-state index in [2.05, 4.69) is 17.2 Å². The Bertz CT molecular complexity index is 554. The van der Waals surface area contributed by atoms with Crippen LogP contribution in [0.5, 0.6) is 0 Å². The lowest BCUT2D eigenvalue weighted by molar-refractivity contribution is -0.120. The van der Waals surface area contributed by atoms with Crippen LogP contribution in [-0.2, 0) is 17.8 Å². The highest BCUT2D eigenvalue weighted by molar-refractivity contribution is 7.09. The van der Waals surface area contributed by atoms with Crippen LogP contribution in [-0.4, -0.2) is 17.4 Å². The number of nitrogens with two attached hydrogens (primary N) is 1. The molecule has 1 aromatic carbocycles. The van der Waals surface area contributed by atoms with Gasteiger partial charge in [-0.05, 0) is 11.1 Å². The maximum absolute atomic E-state index is 12.0. The van der Waals surface area contributed by atoms with E-state index in [1.807, 2.05) is 29.6 Å². The molecule has 2 rings (SSSR count). The Morgan fingerprint density at radius 3 is 2.80 bits per heavy atom. The number of thiazole rings is 1. The Balaban J connectivity index is 1.86. The van der Waals surface area contributed by atoms with Gasteiger partial charge in [-0.2, -0.15) is 0 Å². The molecule has 0 saturated carbocycles. The molecule has 106 valence electrons. The van der Waals surface area contributed by atoms with Crippen molar-refractivity contribution in [2.24, 2.45) is 5.73 Å². The molecule has 1 heterocycles. The molecule has 0 radical (unpaired) electrons. The van der Waals surface area contributed by atoms with Crippen LogP contribution in [0.3, 0.4) is 0 Å². The molecule has 4 nitrogen and oxygen atoms in total. The molecule has 0 aliphatic carbocycles. The molecule has 0 saturated heterocycles. The fourth-order valence-corrected chi connectivity index (χ4v) is 2.70. The summed E-state index contributed by atoms with van der Waals surface area (Å²) in [5, 5.41) is 5.96. The number of rotatable bonds is 6. The van der Waals surface area contributed by atoms with Gasteiger partial charge in [-0.1, -0.05) is 31.2 Å². The first-order valence-electron chi connectivity index (χ1n) is 6.63. The van der Waals surface area contributed by atoms with Crippen LogP contribution >= 0.6 is 11.3 Å². The summed E-state index contributed by atoms with van der Waals surface area (Å²) in [4.78, 5) is 16.2. The lowest BCUT2D eigenvalue weighted by Gasteiger charge is -2.11. The van der Waals surface area contributed by atoms with E-state index < -0.39 is 0 Å². The molecule has 20 heavy (non-hydrogen) atoms. The maximum Gasteiger partial charge on any atom is 0.224 e. The standard InChI is InChI=1S/C15H19N3OS/c1-11(15-17-6-7-20-15)10-18-14(19)8-12-4-2-3-5-13(12)9-16/h2-7,11H,8-10,16H2,1H3,(H,18,19). The molecule has 1 atom stereocenters. The summed E-state index contributed by atoms with van der Waals surface area (Å²) in [6, 6.07) is 7.78. The summed E-state index contributed by atoms with van der Waals surface area (Å²) < 4.78 is 0. The SMILES string of the molecule is CC(CNC(=O)Cc1ccccc1CN)c1nccs1. The summed E-state index contributed by atoms with van der Waals surface area (Å²) in [5.41, 5.74) is 7.69. The molecule has 1 amide bonds. The maximum atomic E-state index is 12.0. The Morgan fingerprint density at radius 2 is 2.15 bits per heavy atom. The van der Waals surface area contributed by atoms with Crippen molar-refractivity contribution in [1.82, 2.24) is 10.3 Å². The first-order valence-corrected chi connectivity index (χ1v) is 7.51. The van der Waals surface area contributed by atoms with Crippen molar-refractivity contribution in [3.05, 3.63) is 52.0 Å². The highest BCUT2D eigenvalue weighted by Crippen LogP contribution is 2.16. The molecular formula is C15H19N3OS. The highest BCUT2D eigenvalue weighted by atomic mass is 32.1. The van der Waals surface area contributed by atoms with Crippen molar-refractivity contribution in [3.63, 3.8) is 0 Å². The zero-order chi connectivity index (χ0) is 14.4. The van der Waals surface area contributed by atoms with Crippen LogP contribution in [0.15, 0.2) is 35.8 Å². The molecule has 0 aliphatic rings. The zero-order valence-electron chi connectivity index (χ0n) is 11.5. The van der Waals surface area contributed by atoms with Gasteiger partial charge in [0.15, 0.2) is 0 Å². The van der Waals surface area contributed by atoms with E-state index >= 15 is 0 Å². The summed E-state index contributed by atoms with van der Waals surface area (Å²) in [5.74, 6) is 0.262. The summed E-state index contributed by atoms with van der Waals surface area (Å²) >= 11 is 1.61. The van der Waals surface area contributed by atoms with Gasteiger partial charge in [0, 0.05) is 30.6 Å². The van der Waals surface area contributed by atoms with Crippen LogP contribution < -0.4 is 11.1 Å². The number of hydrogen-bond donors (Lipinski definition) is 2. The van der Waals surface area contributed by atoms with Gasteiger partial charge in [-0.15, -0.1) is 11.3 Å². The van der Waals surface area contributed by atoms with Crippen molar-refractivity contribution in [2.45, 2.75) is 25.8 Å². The normalized spacial score (nSPS) is 12.1. The predicted octanol–water partition coefficient (Wildman–Crippen LogP) is 2.06. The van der Waals surface area contributed by atoms with E-state index in [0.717, 1.165) is 16.1 Å². The topological polar surface area (TPSA) is 68.0 Å². The van der Waals surface area contributed by atoms with Crippen molar-refractivity contribution >= 4 is 17.2 Å². The fourth-order valence-electron chi connectivity index (χ4n) is 2.00. The number of amides is 1. The van der Waals surface area contributed by atoms with Gasteiger partial charge in [0.2, 0.25) is 5.91 Å². The van der Waals surface area contributed by atoms with E-state index in [9.17, 15) is 4.79 Å². The molecule has 2 aromatic rings. The lowest BCUT2D eigenvalue weighted by atomic mass is 10.0. The minimum atomic E-state index is 0.0225. The molecular weight excluding hydrogens is 270 g/mol. The Hall–Kier alpha value is -1.72. The summed E-state index contributed by atoms with van der Waals surface area (Å²) in [7, 11) is 0. The largest absolute Gasteiger partial charge is 0.355 e. The number of hydrogen-bond acceptors (Lipinski definition) is 4. The van der Waals surface area contributed by atoms with E-state index in [4.69, 9.17) is 5.73 Å². The van der Waals surface area contributed by atoms with Gasteiger partial charge in [0.05, 0.1) is 11.4 Å². The van der Waals surface area contributed by atoms with Gasteiger partial charge < -0.3 is 11.1 Å². The molecule has 0 spiro atoms. The number of nitrogens with zero attached hydrogens (tertiary/aromatic N) is 1. The van der Waals surface area contributed by atoms with Gasteiger partial charge >= 0.3 is 0 Å². The summed E-state index contributed by atoms with van der Waals surface area (Å²) in [6.45, 7) is 3.13. The number of carbonyl (C=O) groups excluding carboxylic acids is 1. The number of benzene rings is 1. The van der Waals surface area contributed by atoms with Crippen LogP contribution in [0.4, 0.5) is 0 Å².